The maximum Gasteiger partial charge on any atom is 0.219 e. The van der Waals surface area contributed by atoms with Crippen molar-refractivity contribution in [1.82, 2.24) is 10.3 Å². The standard InChI is InChI=1S/C16H19FN4O/c1-11(2)21-16(18)20-10-12-6-7-15(19-9-12)22-14-5-3-4-13(17)8-14/h3-9,11H,10H2,1-2H3,(H3,18,20,21). The average Bonchev–Trinajstić information content (AvgIpc) is 2.46. The Hall–Kier alpha value is -2.63. The molecule has 1 aromatic carbocycles. The molecule has 2 aromatic rings. The van der Waals surface area contributed by atoms with Crippen LogP contribution in [0.4, 0.5) is 4.39 Å². The fourth-order valence-electron chi connectivity index (χ4n) is 1.73. The van der Waals surface area contributed by atoms with Crippen LogP contribution in [0.25, 0.3) is 0 Å². The molecule has 0 saturated carbocycles. The van der Waals surface area contributed by atoms with E-state index in [2.05, 4.69) is 15.3 Å². The first-order chi connectivity index (χ1) is 10.5. The Kier molecular flexibility index (Phi) is 5.30. The molecule has 0 bridgehead atoms. The minimum atomic E-state index is -0.350. The molecule has 0 amide bonds. The molecule has 6 heteroatoms. The molecule has 1 aromatic heterocycles. The van der Waals surface area contributed by atoms with Crippen molar-refractivity contribution in [1.29, 1.82) is 0 Å². The van der Waals surface area contributed by atoms with Crippen LogP contribution in [0.1, 0.15) is 19.4 Å². The number of pyridine rings is 1. The summed E-state index contributed by atoms with van der Waals surface area (Å²) in [5.41, 5.74) is 6.63. The van der Waals surface area contributed by atoms with Crippen molar-refractivity contribution < 1.29 is 9.13 Å². The second kappa shape index (κ2) is 7.40. The number of aromatic nitrogens is 1. The van der Waals surface area contributed by atoms with Gasteiger partial charge in [0.2, 0.25) is 5.88 Å². The van der Waals surface area contributed by atoms with Crippen LogP contribution >= 0.6 is 0 Å². The first-order valence-electron chi connectivity index (χ1n) is 6.98. The van der Waals surface area contributed by atoms with E-state index >= 15 is 0 Å². The van der Waals surface area contributed by atoms with Gasteiger partial charge in [0.15, 0.2) is 5.96 Å². The highest BCUT2D eigenvalue weighted by molar-refractivity contribution is 5.78. The zero-order valence-electron chi connectivity index (χ0n) is 12.6. The molecule has 0 atom stereocenters. The van der Waals surface area contributed by atoms with Gasteiger partial charge in [0.05, 0.1) is 6.54 Å². The first-order valence-corrected chi connectivity index (χ1v) is 6.98. The number of aliphatic imine (C=N–C) groups is 1. The van der Waals surface area contributed by atoms with E-state index in [0.29, 0.717) is 24.1 Å². The topological polar surface area (TPSA) is 72.5 Å². The van der Waals surface area contributed by atoms with E-state index in [1.807, 2.05) is 19.9 Å². The molecule has 3 N–H and O–H groups in total. The Bertz CT molecular complexity index is 641. The lowest BCUT2D eigenvalue weighted by Crippen LogP contribution is -2.36. The quantitative estimate of drug-likeness (QED) is 0.658. The molecule has 116 valence electrons. The van der Waals surface area contributed by atoms with E-state index < -0.39 is 0 Å². The third-order valence-electron chi connectivity index (χ3n) is 2.68. The van der Waals surface area contributed by atoms with E-state index in [0.717, 1.165) is 5.56 Å². The molecule has 0 fully saturated rings. The number of hydrogen-bond acceptors (Lipinski definition) is 3. The normalized spacial score (nSPS) is 11.5. The van der Waals surface area contributed by atoms with Gasteiger partial charge < -0.3 is 15.8 Å². The largest absolute Gasteiger partial charge is 0.439 e. The summed E-state index contributed by atoms with van der Waals surface area (Å²) in [6, 6.07) is 9.70. The Morgan fingerprint density at radius 3 is 2.82 bits per heavy atom. The molecule has 0 radical (unpaired) electrons. The van der Waals surface area contributed by atoms with Gasteiger partial charge in [0.1, 0.15) is 11.6 Å². The number of nitrogens with zero attached hydrogens (tertiary/aromatic N) is 2. The second-order valence-electron chi connectivity index (χ2n) is 5.06. The van der Waals surface area contributed by atoms with Crippen LogP contribution in [0.15, 0.2) is 47.6 Å². The summed E-state index contributed by atoms with van der Waals surface area (Å²) in [5, 5.41) is 3.01. The van der Waals surface area contributed by atoms with Gasteiger partial charge in [-0.1, -0.05) is 12.1 Å². The lowest BCUT2D eigenvalue weighted by atomic mass is 10.3. The van der Waals surface area contributed by atoms with Gasteiger partial charge in [0.25, 0.3) is 0 Å². The number of guanidine groups is 1. The van der Waals surface area contributed by atoms with Crippen LogP contribution in [0.2, 0.25) is 0 Å². The van der Waals surface area contributed by atoms with Crippen molar-refractivity contribution in [2.75, 3.05) is 0 Å². The Morgan fingerprint density at radius 2 is 2.18 bits per heavy atom. The monoisotopic (exact) mass is 302 g/mol. The number of benzene rings is 1. The highest BCUT2D eigenvalue weighted by atomic mass is 19.1. The molecule has 0 saturated heterocycles. The Labute approximate surface area is 129 Å². The van der Waals surface area contributed by atoms with Gasteiger partial charge in [-0.2, -0.15) is 0 Å². The van der Waals surface area contributed by atoms with Crippen molar-refractivity contribution >= 4 is 5.96 Å². The molecule has 22 heavy (non-hydrogen) atoms. The third-order valence-corrected chi connectivity index (χ3v) is 2.68. The minimum absolute atomic E-state index is 0.240. The van der Waals surface area contributed by atoms with E-state index in [-0.39, 0.29) is 11.9 Å². The van der Waals surface area contributed by atoms with Crippen molar-refractivity contribution in [2.24, 2.45) is 10.7 Å². The lowest BCUT2D eigenvalue weighted by Gasteiger charge is -2.08. The summed E-state index contributed by atoms with van der Waals surface area (Å²) in [6.07, 6.45) is 1.65. The van der Waals surface area contributed by atoms with E-state index in [9.17, 15) is 4.39 Å². The molecule has 0 unspecified atom stereocenters. The molecular weight excluding hydrogens is 283 g/mol. The minimum Gasteiger partial charge on any atom is -0.439 e. The Balaban J connectivity index is 1.95. The molecule has 0 spiro atoms. The lowest BCUT2D eigenvalue weighted by molar-refractivity contribution is 0.457. The predicted molar refractivity (Wildman–Crippen MR) is 84.3 cm³/mol. The van der Waals surface area contributed by atoms with Crippen molar-refractivity contribution in [3.05, 3.63) is 54.0 Å². The molecule has 0 aliphatic heterocycles. The number of hydrogen-bond donors (Lipinski definition) is 2. The molecule has 0 aliphatic carbocycles. The smallest absolute Gasteiger partial charge is 0.219 e. The summed E-state index contributed by atoms with van der Waals surface area (Å²) in [5.74, 6) is 0.849. The zero-order chi connectivity index (χ0) is 15.9. The molecule has 2 rings (SSSR count). The fraction of sp³-hybridized carbons (Fsp3) is 0.250. The van der Waals surface area contributed by atoms with Gasteiger partial charge in [-0.05, 0) is 31.5 Å². The van der Waals surface area contributed by atoms with Gasteiger partial charge in [0, 0.05) is 24.4 Å². The zero-order valence-corrected chi connectivity index (χ0v) is 12.6. The highest BCUT2D eigenvalue weighted by Crippen LogP contribution is 2.20. The third kappa shape index (κ3) is 5.05. The first kappa shape index (κ1) is 15.8. The molecular formula is C16H19FN4O. The SMILES string of the molecule is CC(C)NC(N)=NCc1ccc(Oc2cccc(F)c2)nc1. The molecule has 1 heterocycles. The second-order valence-corrected chi connectivity index (χ2v) is 5.06. The maximum absolute atomic E-state index is 13.1. The molecule has 0 aliphatic rings. The number of ether oxygens (including phenoxy) is 1. The molecule has 5 nitrogen and oxygen atoms in total. The van der Waals surface area contributed by atoms with Gasteiger partial charge >= 0.3 is 0 Å². The summed E-state index contributed by atoms with van der Waals surface area (Å²) in [6.45, 7) is 4.41. The van der Waals surface area contributed by atoms with E-state index in [4.69, 9.17) is 10.5 Å². The summed E-state index contributed by atoms with van der Waals surface area (Å²) in [7, 11) is 0. The van der Waals surface area contributed by atoms with Crippen LogP contribution in [-0.2, 0) is 6.54 Å². The van der Waals surface area contributed by atoms with Crippen LogP contribution in [-0.4, -0.2) is 17.0 Å². The average molecular weight is 302 g/mol. The van der Waals surface area contributed by atoms with Gasteiger partial charge in [-0.25, -0.2) is 14.4 Å². The maximum atomic E-state index is 13.1. The fourth-order valence-corrected chi connectivity index (χ4v) is 1.73. The number of halogens is 1. The van der Waals surface area contributed by atoms with E-state index in [1.54, 1.807) is 24.4 Å². The summed E-state index contributed by atoms with van der Waals surface area (Å²) in [4.78, 5) is 8.38. The van der Waals surface area contributed by atoms with Crippen molar-refractivity contribution in [3.63, 3.8) is 0 Å². The van der Waals surface area contributed by atoms with Crippen LogP contribution in [0, 0.1) is 5.82 Å². The van der Waals surface area contributed by atoms with Crippen molar-refractivity contribution in [2.45, 2.75) is 26.4 Å². The summed E-state index contributed by atoms with van der Waals surface area (Å²) >= 11 is 0. The van der Waals surface area contributed by atoms with Crippen LogP contribution < -0.4 is 15.8 Å². The number of rotatable bonds is 5. The van der Waals surface area contributed by atoms with E-state index in [1.165, 1.54) is 12.1 Å². The summed E-state index contributed by atoms with van der Waals surface area (Å²) < 4.78 is 18.5. The predicted octanol–water partition coefficient (Wildman–Crippen LogP) is 2.83. The number of nitrogens with two attached hydrogens (primary N) is 1. The van der Waals surface area contributed by atoms with Gasteiger partial charge in [-0.15, -0.1) is 0 Å². The van der Waals surface area contributed by atoms with Gasteiger partial charge in [-0.3, -0.25) is 0 Å². The van der Waals surface area contributed by atoms with Crippen molar-refractivity contribution in [3.8, 4) is 11.6 Å². The number of nitrogens with one attached hydrogen (secondary N) is 1. The van der Waals surface area contributed by atoms with Crippen LogP contribution in [0.3, 0.4) is 0 Å². The van der Waals surface area contributed by atoms with Crippen LogP contribution in [0.5, 0.6) is 11.6 Å². The highest BCUT2D eigenvalue weighted by Gasteiger charge is 2.01. The Morgan fingerprint density at radius 1 is 1.36 bits per heavy atom.